The lowest BCUT2D eigenvalue weighted by molar-refractivity contribution is -0.116. The molecule has 0 aromatic rings. The highest BCUT2D eigenvalue weighted by atomic mass is 16.5. The fourth-order valence-electron chi connectivity index (χ4n) is 10.2. The van der Waals surface area contributed by atoms with E-state index in [9.17, 15) is 4.79 Å². The van der Waals surface area contributed by atoms with Gasteiger partial charge in [0.25, 0.3) is 0 Å². The van der Waals surface area contributed by atoms with Crippen molar-refractivity contribution >= 4 is 5.91 Å². The van der Waals surface area contributed by atoms with Crippen molar-refractivity contribution in [3.05, 3.63) is 12.7 Å². The van der Waals surface area contributed by atoms with E-state index in [1.54, 1.807) is 6.42 Å². The number of rotatable bonds is 13. The normalized spacial score (nSPS) is 38.6. The molecule has 2 unspecified atom stereocenters. The van der Waals surface area contributed by atoms with Crippen LogP contribution in [0, 0.1) is 52.3 Å². The Morgan fingerprint density at radius 1 is 0.946 bits per heavy atom. The summed E-state index contributed by atoms with van der Waals surface area (Å²) in [6.07, 6.45) is 22.5. The first-order valence-corrected chi connectivity index (χ1v) is 16.3. The highest BCUT2D eigenvalue weighted by Gasteiger charge is 2.60. The third-order valence-corrected chi connectivity index (χ3v) is 12.3. The van der Waals surface area contributed by atoms with Crippen LogP contribution in [0.1, 0.15) is 124 Å². The number of carbonyl (C=O) groups is 1. The standard InChI is InChI=1S/C34H59NO2/c1-6-32(36)35-22-9-10-23-37-24-25(2)12-11-13-26(3)29-17-18-30-28-16-15-27-14-7-8-20-33(27,4)31(28)19-21-34(29,30)5/h6,25-31H,1,7-24H2,2-5H3,(H,35,36)/t25?,26-,27?,28+,29-,30+,31+,33+,34-/m1/s1. The lowest BCUT2D eigenvalue weighted by Gasteiger charge is -2.61. The Labute approximate surface area is 229 Å². The topological polar surface area (TPSA) is 38.3 Å². The van der Waals surface area contributed by atoms with Crippen molar-refractivity contribution in [1.82, 2.24) is 5.32 Å². The Morgan fingerprint density at radius 3 is 2.57 bits per heavy atom. The molecule has 1 N–H and O–H groups in total. The first kappa shape index (κ1) is 29.2. The molecule has 0 radical (unpaired) electrons. The van der Waals surface area contributed by atoms with E-state index in [1.807, 2.05) is 0 Å². The van der Waals surface area contributed by atoms with E-state index in [4.69, 9.17) is 4.74 Å². The maximum absolute atomic E-state index is 11.2. The van der Waals surface area contributed by atoms with Crippen molar-refractivity contribution in [2.24, 2.45) is 52.3 Å². The Balaban J connectivity index is 1.16. The van der Waals surface area contributed by atoms with Crippen molar-refractivity contribution in [3.63, 3.8) is 0 Å². The molecule has 0 saturated heterocycles. The summed E-state index contributed by atoms with van der Waals surface area (Å²) in [5, 5.41) is 2.83. The number of hydrogen-bond acceptors (Lipinski definition) is 2. The number of ether oxygens (including phenoxy) is 1. The van der Waals surface area contributed by atoms with Crippen LogP contribution >= 0.6 is 0 Å². The lowest BCUT2D eigenvalue weighted by atomic mass is 9.44. The molecule has 4 saturated carbocycles. The quantitative estimate of drug-likeness (QED) is 0.198. The fourth-order valence-corrected chi connectivity index (χ4v) is 10.2. The summed E-state index contributed by atoms with van der Waals surface area (Å²) in [4.78, 5) is 11.2. The second-order valence-corrected chi connectivity index (χ2v) is 14.4. The molecule has 37 heavy (non-hydrogen) atoms. The number of carbonyl (C=O) groups excluding carboxylic acids is 1. The number of unbranched alkanes of at least 4 members (excludes halogenated alkanes) is 1. The smallest absolute Gasteiger partial charge is 0.243 e. The largest absolute Gasteiger partial charge is 0.381 e. The van der Waals surface area contributed by atoms with Crippen molar-refractivity contribution in [1.29, 1.82) is 0 Å². The molecule has 0 aromatic carbocycles. The molecule has 212 valence electrons. The van der Waals surface area contributed by atoms with Crippen LogP contribution < -0.4 is 5.32 Å². The van der Waals surface area contributed by atoms with Crippen LogP contribution in [0.4, 0.5) is 0 Å². The molecule has 0 bridgehead atoms. The van der Waals surface area contributed by atoms with E-state index in [0.717, 1.165) is 61.6 Å². The summed E-state index contributed by atoms with van der Waals surface area (Å²) in [5.41, 5.74) is 1.28. The lowest BCUT2D eigenvalue weighted by Crippen LogP contribution is -2.53. The molecule has 4 rings (SSSR count). The molecule has 4 aliphatic rings. The van der Waals surface area contributed by atoms with Gasteiger partial charge >= 0.3 is 0 Å². The molecule has 0 spiro atoms. The average molecular weight is 514 g/mol. The Kier molecular flexibility index (Phi) is 10.3. The monoisotopic (exact) mass is 513 g/mol. The van der Waals surface area contributed by atoms with Gasteiger partial charge in [0, 0.05) is 19.8 Å². The Morgan fingerprint density at radius 2 is 1.76 bits per heavy atom. The minimum atomic E-state index is -0.0838. The fraction of sp³-hybridized carbons (Fsp3) is 0.912. The molecule has 0 heterocycles. The van der Waals surface area contributed by atoms with Gasteiger partial charge in [-0.3, -0.25) is 4.79 Å². The zero-order chi connectivity index (χ0) is 26.5. The highest BCUT2D eigenvalue weighted by molar-refractivity contribution is 5.86. The van der Waals surface area contributed by atoms with Crippen LogP contribution in [-0.4, -0.2) is 25.7 Å². The summed E-state index contributed by atoms with van der Waals surface area (Å²) in [6.45, 7) is 16.3. The zero-order valence-corrected chi connectivity index (χ0v) is 24.9. The van der Waals surface area contributed by atoms with Gasteiger partial charge in [0.05, 0.1) is 0 Å². The molecule has 3 heteroatoms. The summed E-state index contributed by atoms with van der Waals surface area (Å²) < 4.78 is 5.94. The second-order valence-electron chi connectivity index (χ2n) is 14.4. The minimum absolute atomic E-state index is 0.0838. The van der Waals surface area contributed by atoms with E-state index in [1.165, 1.54) is 83.1 Å². The number of hydrogen-bond donors (Lipinski definition) is 1. The predicted octanol–water partition coefficient (Wildman–Crippen LogP) is 8.58. The molecule has 9 atom stereocenters. The summed E-state index contributed by atoms with van der Waals surface area (Å²) in [5.74, 6) is 6.49. The van der Waals surface area contributed by atoms with Crippen LogP contribution in [0.3, 0.4) is 0 Å². The molecule has 1 amide bonds. The van der Waals surface area contributed by atoms with E-state index < -0.39 is 0 Å². The van der Waals surface area contributed by atoms with Crippen molar-refractivity contribution < 1.29 is 9.53 Å². The Hall–Kier alpha value is -0.830. The van der Waals surface area contributed by atoms with Gasteiger partial charge in [-0.15, -0.1) is 0 Å². The van der Waals surface area contributed by atoms with Gasteiger partial charge in [-0.2, -0.15) is 0 Å². The first-order chi connectivity index (χ1) is 17.8. The van der Waals surface area contributed by atoms with Gasteiger partial charge in [-0.1, -0.05) is 60.0 Å². The van der Waals surface area contributed by atoms with Gasteiger partial charge in [-0.05, 0) is 129 Å². The molecule has 0 aliphatic heterocycles. The molecule has 0 aromatic heterocycles. The van der Waals surface area contributed by atoms with E-state index >= 15 is 0 Å². The van der Waals surface area contributed by atoms with E-state index in [0.29, 0.717) is 23.3 Å². The van der Waals surface area contributed by atoms with Crippen LogP contribution in [0.15, 0.2) is 12.7 Å². The summed E-state index contributed by atoms with van der Waals surface area (Å²) >= 11 is 0. The summed E-state index contributed by atoms with van der Waals surface area (Å²) in [6, 6.07) is 0. The molecular weight excluding hydrogens is 454 g/mol. The van der Waals surface area contributed by atoms with Crippen LogP contribution in [0.5, 0.6) is 0 Å². The zero-order valence-electron chi connectivity index (χ0n) is 24.9. The molecule has 3 nitrogen and oxygen atoms in total. The predicted molar refractivity (Wildman–Crippen MR) is 155 cm³/mol. The van der Waals surface area contributed by atoms with Gasteiger partial charge in [-0.25, -0.2) is 0 Å². The van der Waals surface area contributed by atoms with Crippen molar-refractivity contribution in [2.75, 3.05) is 19.8 Å². The van der Waals surface area contributed by atoms with Gasteiger partial charge in [0.1, 0.15) is 0 Å². The maximum Gasteiger partial charge on any atom is 0.243 e. The number of nitrogens with one attached hydrogen (secondary N) is 1. The number of fused-ring (bicyclic) bond motifs is 5. The van der Waals surface area contributed by atoms with Crippen molar-refractivity contribution in [3.8, 4) is 0 Å². The summed E-state index contributed by atoms with van der Waals surface area (Å²) in [7, 11) is 0. The van der Waals surface area contributed by atoms with Crippen LogP contribution in [-0.2, 0) is 9.53 Å². The maximum atomic E-state index is 11.2. The SMILES string of the molecule is C=CC(=O)NCCCCOCC(C)CCC[C@@H](C)[C@H]1CC[C@H]2[C@@H]3CCC4CCCC[C@]4(C)[C@H]3CC[C@]12C. The Bertz CT molecular complexity index is 750. The van der Waals surface area contributed by atoms with E-state index in [-0.39, 0.29) is 5.91 Å². The van der Waals surface area contributed by atoms with Crippen LogP contribution in [0.25, 0.3) is 0 Å². The average Bonchev–Trinajstić information content (AvgIpc) is 3.24. The highest BCUT2D eigenvalue weighted by Crippen LogP contribution is 2.68. The van der Waals surface area contributed by atoms with E-state index in [2.05, 4.69) is 39.6 Å². The van der Waals surface area contributed by atoms with Crippen molar-refractivity contribution in [2.45, 2.75) is 124 Å². The van der Waals surface area contributed by atoms with Gasteiger partial charge in [0.2, 0.25) is 5.91 Å². The molecule has 4 aliphatic carbocycles. The first-order valence-electron chi connectivity index (χ1n) is 16.3. The van der Waals surface area contributed by atoms with Gasteiger partial charge < -0.3 is 10.1 Å². The van der Waals surface area contributed by atoms with Gasteiger partial charge in [0.15, 0.2) is 0 Å². The molecular formula is C34H59NO2. The minimum Gasteiger partial charge on any atom is -0.381 e. The van der Waals surface area contributed by atoms with Crippen LogP contribution in [0.2, 0.25) is 0 Å². The second kappa shape index (κ2) is 13.0. The molecule has 4 fully saturated rings. The number of amides is 1. The third-order valence-electron chi connectivity index (χ3n) is 12.3. The third kappa shape index (κ3) is 6.50.